The van der Waals surface area contributed by atoms with Crippen LogP contribution in [0.25, 0.3) is 0 Å². The van der Waals surface area contributed by atoms with E-state index in [0.29, 0.717) is 62.4 Å². The second-order valence-electron chi connectivity index (χ2n) is 10.0. The lowest BCUT2D eigenvalue weighted by Gasteiger charge is -2.32. The fourth-order valence-electron chi connectivity index (χ4n) is 5.02. The number of nitrogens with zero attached hydrogens (tertiary/aromatic N) is 1. The first kappa shape index (κ1) is 27.3. The van der Waals surface area contributed by atoms with Crippen LogP contribution < -0.4 is 4.74 Å². The van der Waals surface area contributed by atoms with Crippen LogP contribution in [0, 0.1) is 11.8 Å². The van der Waals surface area contributed by atoms with Crippen LogP contribution in [0.2, 0.25) is 0 Å². The van der Waals surface area contributed by atoms with Crippen molar-refractivity contribution in [1.29, 1.82) is 0 Å². The molecule has 4 nitrogen and oxygen atoms in total. The van der Waals surface area contributed by atoms with Gasteiger partial charge in [-0.3, -0.25) is 9.69 Å². The molecule has 202 valence electrons. The van der Waals surface area contributed by atoms with Crippen molar-refractivity contribution in [2.75, 3.05) is 19.7 Å². The third-order valence-electron chi connectivity index (χ3n) is 7.20. The molecule has 0 bridgehead atoms. The van der Waals surface area contributed by atoms with Crippen LogP contribution in [0.4, 0.5) is 26.3 Å². The number of likely N-dealkylation sites (tertiary alicyclic amines) is 1. The molecule has 0 amide bonds. The molecule has 1 aliphatic heterocycles. The van der Waals surface area contributed by atoms with Gasteiger partial charge in [-0.2, -0.15) is 26.3 Å². The molecule has 1 N–H and O–H groups in total. The minimum atomic E-state index is -4.73. The molecule has 1 saturated heterocycles. The molecule has 2 aromatic carbocycles. The molecule has 0 unspecified atom stereocenters. The van der Waals surface area contributed by atoms with E-state index >= 15 is 0 Å². The molecule has 10 heteroatoms. The zero-order valence-electron chi connectivity index (χ0n) is 20.1. The largest absolute Gasteiger partial charge is 0.493 e. The van der Waals surface area contributed by atoms with Crippen molar-refractivity contribution in [2.24, 2.45) is 11.8 Å². The molecule has 37 heavy (non-hydrogen) atoms. The lowest BCUT2D eigenvalue weighted by molar-refractivity contribution is -0.142. The van der Waals surface area contributed by atoms with Crippen LogP contribution in [0.5, 0.6) is 5.75 Å². The zero-order chi connectivity index (χ0) is 26.8. The lowest BCUT2D eigenvalue weighted by atomic mass is 9.91. The molecule has 0 aromatic heterocycles. The van der Waals surface area contributed by atoms with Gasteiger partial charge in [0.05, 0.1) is 24.2 Å². The SMILES string of the molecule is O=C(O)C[C@H](c1cccc(OCC2CCN(Cc3cc(C(F)(F)F)ccc3C(F)(F)F)CC2)c1)C1CC1. The van der Waals surface area contributed by atoms with Gasteiger partial charge in [0.15, 0.2) is 0 Å². The molecule has 0 radical (unpaired) electrons. The summed E-state index contributed by atoms with van der Waals surface area (Å²) in [4.78, 5) is 13.0. The van der Waals surface area contributed by atoms with Crippen molar-refractivity contribution in [1.82, 2.24) is 4.90 Å². The van der Waals surface area contributed by atoms with Gasteiger partial charge in [-0.15, -0.1) is 0 Å². The fourth-order valence-corrected chi connectivity index (χ4v) is 5.02. The highest BCUT2D eigenvalue weighted by atomic mass is 19.4. The Morgan fingerprint density at radius 3 is 2.27 bits per heavy atom. The Morgan fingerprint density at radius 2 is 1.68 bits per heavy atom. The Labute approximate surface area is 211 Å². The van der Waals surface area contributed by atoms with E-state index in [9.17, 15) is 36.2 Å². The van der Waals surface area contributed by atoms with E-state index in [0.717, 1.165) is 18.4 Å². The molecule has 4 rings (SSSR count). The third kappa shape index (κ3) is 7.40. The standard InChI is InChI=1S/C27H29F6NO3/c28-26(29,30)21-6-7-24(27(31,32)33)20(12-21)15-34-10-8-17(9-11-34)16-37-22-3-1-2-19(13-22)23(14-25(35)36)18-4-5-18/h1-3,6-7,12-13,17-18,23H,4-5,8-11,14-16H2,(H,35,36)/t23-/m0/s1. The van der Waals surface area contributed by atoms with E-state index in [-0.39, 0.29) is 30.4 Å². The molecule has 2 aromatic rings. The van der Waals surface area contributed by atoms with Crippen LogP contribution >= 0.6 is 0 Å². The minimum absolute atomic E-state index is 0.0401. The first-order valence-electron chi connectivity index (χ1n) is 12.3. The Hall–Kier alpha value is -2.75. The summed E-state index contributed by atoms with van der Waals surface area (Å²) in [6.07, 6.45) is -6.04. The second kappa shape index (κ2) is 10.9. The maximum atomic E-state index is 13.4. The molecule has 2 aliphatic rings. The van der Waals surface area contributed by atoms with Crippen LogP contribution in [-0.2, 0) is 23.7 Å². The monoisotopic (exact) mass is 529 g/mol. The first-order chi connectivity index (χ1) is 17.4. The normalized spacial score (nSPS) is 18.5. The summed E-state index contributed by atoms with van der Waals surface area (Å²) in [6, 6.07) is 9.04. The number of carboxylic acid groups (broad SMARTS) is 1. The summed E-state index contributed by atoms with van der Waals surface area (Å²) in [5, 5.41) is 9.24. The number of ether oxygens (including phenoxy) is 1. The number of rotatable bonds is 9. The highest BCUT2D eigenvalue weighted by Gasteiger charge is 2.37. The number of halogens is 6. The maximum absolute atomic E-state index is 13.4. The van der Waals surface area contributed by atoms with E-state index in [1.807, 2.05) is 24.3 Å². The number of aliphatic carboxylic acids is 1. The van der Waals surface area contributed by atoms with Gasteiger partial charge >= 0.3 is 18.3 Å². The van der Waals surface area contributed by atoms with Gasteiger partial charge in [0.25, 0.3) is 0 Å². The van der Waals surface area contributed by atoms with Crippen LogP contribution in [0.1, 0.15) is 60.3 Å². The van der Waals surface area contributed by atoms with Crippen molar-refractivity contribution in [2.45, 2.75) is 56.9 Å². The Balaban J connectivity index is 1.33. The molecule has 1 atom stereocenters. The quantitative estimate of drug-likeness (QED) is 0.356. The first-order valence-corrected chi connectivity index (χ1v) is 12.3. The van der Waals surface area contributed by atoms with E-state index in [1.165, 1.54) is 0 Å². The van der Waals surface area contributed by atoms with Gasteiger partial charge < -0.3 is 9.84 Å². The van der Waals surface area contributed by atoms with Crippen molar-refractivity contribution in [3.63, 3.8) is 0 Å². The number of alkyl halides is 6. The molecule has 1 saturated carbocycles. The Kier molecular flexibility index (Phi) is 8.06. The van der Waals surface area contributed by atoms with E-state index in [2.05, 4.69) is 0 Å². The molecular formula is C27H29F6NO3. The summed E-state index contributed by atoms with van der Waals surface area (Å²) in [5.41, 5.74) is -1.56. The smallest absolute Gasteiger partial charge is 0.416 e. The fraction of sp³-hybridized carbons (Fsp3) is 0.519. The number of carboxylic acids is 1. The van der Waals surface area contributed by atoms with Gasteiger partial charge in [-0.05, 0) is 98.0 Å². The summed E-state index contributed by atoms with van der Waals surface area (Å²) in [5.74, 6) is 0.311. The second-order valence-corrected chi connectivity index (χ2v) is 10.0. The highest BCUT2D eigenvalue weighted by Crippen LogP contribution is 2.45. The predicted octanol–water partition coefficient (Wildman–Crippen LogP) is 6.98. The van der Waals surface area contributed by atoms with Crippen molar-refractivity contribution >= 4 is 5.97 Å². The van der Waals surface area contributed by atoms with Crippen molar-refractivity contribution < 1.29 is 41.0 Å². The minimum Gasteiger partial charge on any atom is -0.493 e. The number of piperidine rings is 1. The Morgan fingerprint density at radius 1 is 0.973 bits per heavy atom. The zero-order valence-corrected chi connectivity index (χ0v) is 20.1. The van der Waals surface area contributed by atoms with Crippen LogP contribution in [-0.4, -0.2) is 35.7 Å². The maximum Gasteiger partial charge on any atom is 0.416 e. The summed E-state index contributed by atoms with van der Waals surface area (Å²) < 4.78 is 85.4. The van der Waals surface area contributed by atoms with E-state index < -0.39 is 29.4 Å². The lowest BCUT2D eigenvalue weighted by Crippen LogP contribution is -2.35. The number of hydrogen-bond donors (Lipinski definition) is 1. The predicted molar refractivity (Wildman–Crippen MR) is 124 cm³/mol. The van der Waals surface area contributed by atoms with Gasteiger partial charge in [-0.25, -0.2) is 0 Å². The molecule has 2 fully saturated rings. The summed E-state index contributed by atoms with van der Waals surface area (Å²) in [6.45, 7) is 1.09. The van der Waals surface area contributed by atoms with Gasteiger partial charge in [0.1, 0.15) is 5.75 Å². The third-order valence-corrected chi connectivity index (χ3v) is 7.20. The average molecular weight is 530 g/mol. The van der Waals surface area contributed by atoms with Gasteiger partial charge in [-0.1, -0.05) is 12.1 Å². The van der Waals surface area contributed by atoms with Crippen molar-refractivity contribution in [3.05, 3.63) is 64.7 Å². The number of benzene rings is 2. The van der Waals surface area contributed by atoms with Gasteiger partial charge in [0.2, 0.25) is 0 Å². The van der Waals surface area contributed by atoms with E-state index in [4.69, 9.17) is 4.74 Å². The van der Waals surface area contributed by atoms with Crippen LogP contribution in [0.3, 0.4) is 0 Å². The summed E-state index contributed by atoms with van der Waals surface area (Å²) in [7, 11) is 0. The number of hydrogen-bond acceptors (Lipinski definition) is 3. The van der Waals surface area contributed by atoms with Crippen LogP contribution in [0.15, 0.2) is 42.5 Å². The highest BCUT2D eigenvalue weighted by molar-refractivity contribution is 5.68. The van der Waals surface area contributed by atoms with E-state index in [1.54, 1.807) is 4.90 Å². The van der Waals surface area contributed by atoms with Crippen molar-refractivity contribution in [3.8, 4) is 5.75 Å². The molecular weight excluding hydrogens is 500 g/mol. The average Bonchev–Trinajstić information content (AvgIpc) is 3.66. The molecule has 0 spiro atoms. The topological polar surface area (TPSA) is 49.8 Å². The Bertz CT molecular complexity index is 1090. The number of carbonyl (C=O) groups is 1. The molecule has 1 heterocycles. The molecule has 1 aliphatic carbocycles. The summed E-state index contributed by atoms with van der Waals surface area (Å²) >= 11 is 0. The van der Waals surface area contributed by atoms with Gasteiger partial charge in [0, 0.05) is 6.54 Å².